The van der Waals surface area contributed by atoms with E-state index in [2.05, 4.69) is 25.5 Å². The predicted octanol–water partition coefficient (Wildman–Crippen LogP) is 0.766. The largest absolute Gasteiger partial charge is 0.304 e. The molecule has 2 N–H and O–H groups in total. The Labute approximate surface area is 120 Å². The molecule has 8 nitrogen and oxygen atoms in total. The summed E-state index contributed by atoms with van der Waals surface area (Å²) >= 11 is 0. The minimum Gasteiger partial charge on any atom is -0.304 e. The lowest BCUT2D eigenvalue weighted by Crippen LogP contribution is -2.19. The molecule has 21 heavy (non-hydrogen) atoms. The molecule has 0 aliphatic heterocycles. The van der Waals surface area contributed by atoms with Gasteiger partial charge < -0.3 is 9.30 Å². The maximum absolute atomic E-state index is 12.4. The fraction of sp³-hybridized carbons (Fsp3) is 0.231. The van der Waals surface area contributed by atoms with Crippen molar-refractivity contribution in [3.63, 3.8) is 0 Å². The zero-order valence-corrected chi connectivity index (χ0v) is 11.7. The van der Waals surface area contributed by atoms with Crippen molar-refractivity contribution in [2.45, 2.75) is 6.54 Å². The Morgan fingerprint density at radius 3 is 3.00 bits per heavy atom. The number of pyridine rings is 1. The molecule has 3 heterocycles. The van der Waals surface area contributed by atoms with Gasteiger partial charge in [-0.25, -0.2) is 10.1 Å². The Kier molecular flexibility index (Phi) is 3.36. The summed E-state index contributed by atoms with van der Waals surface area (Å²) in [6, 6.07) is 5.66. The molecule has 0 bridgehead atoms. The second-order valence-electron chi connectivity index (χ2n) is 4.86. The number of imidazole rings is 1. The van der Waals surface area contributed by atoms with E-state index in [0.717, 1.165) is 11.3 Å². The van der Waals surface area contributed by atoms with Gasteiger partial charge in [0.25, 0.3) is 5.91 Å². The zero-order chi connectivity index (χ0) is 14.8. The topological polar surface area (TPSA) is 91.2 Å². The van der Waals surface area contributed by atoms with Crippen LogP contribution in [0.15, 0.2) is 30.7 Å². The lowest BCUT2D eigenvalue weighted by atomic mass is 10.3. The molecule has 0 aromatic carbocycles. The average molecular weight is 285 g/mol. The van der Waals surface area contributed by atoms with Crippen molar-refractivity contribution in [1.29, 1.82) is 0 Å². The Balaban J connectivity index is 2.01. The first kappa shape index (κ1) is 13.3. The van der Waals surface area contributed by atoms with Crippen LogP contribution in [0.25, 0.3) is 5.65 Å². The fourth-order valence-electron chi connectivity index (χ4n) is 2.11. The second kappa shape index (κ2) is 5.33. The molecule has 0 atom stereocenters. The minimum absolute atomic E-state index is 0.299. The van der Waals surface area contributed by atoms with Crippen molar-refractivity contribution in [2.75, 3.05) is 19.4 Å². The summed E-state index contributed by atoms with van der Waals surface area (Å²) in [5.41, 5.74) is 1.94. The molecule has 108 valence electrons. The molecule has 3 aromatic rings. The number of carbonyl (C=O) groups is 1. The number of rotatable bonds is 4. The maximum Gasteiger partial charge on any atom is 0.278 e. The number of aromatic nitrogens is 5. The van der Waals surface area contributed by atoms with Crippen LogP contribution in [0.4, 0.5) is 5.95 Å². The van der Waals surface area contributed by atoms with Gasteiger partial charge in [-0.05, 0) is 26.2 Å². The first-order valence-corrected chi connectivity index (χ1v) is 6.42. The van der Waals surface area contributed by atoms with Gasteiger partial charge in [-0.2, -0.15) is 10.1 Å². The van der Waals surface area contributed by atoms with Crippen LogP contribution in [0, 0.1) is 0 Å². The van der Waals surface area contributed by atoms with E-state index < -0.39 is 0 Å². The summed E-state index contributed by atoms with van der Waals surface area (Å²) in [5, 5.41) is 8.94. The lowest BCUT2D eigenvalue weighted by Gasteiger charge is -2.10. The van der Waals surface area contributed by atoms with Crippen LogP contribution in [0.3, 0.4) is 0 Å². The monoisotopic (exact) mass is 285 g/mol. The maximum atomic E-state index is 12.4. The third-order valence-electron chi connectivity index (χ3n) is 2.96. The molecular weight excluding hydrogens is 270 g/mol. The molecule has 3 aromatic heterocycles. The van der Waals surface area contributed by atoms with Crippen LogP contribution in [-0.2, 0) is 6.54 Å². The highest BCUT2D eigenvalue weighted by molar-refractivity contribution is 6.03. The Bertz CT molecular complexity index is 760. The molecule has 3 rings (SSSR count). The van der Waals surface area contributed by atoms with E-state index in [0.29, 0.717) is 18.2 Å². The molecule has 0 spiro atoms. The summed E-state index contributed by atoms with van der Waals surface area (Å²) in [6.07, 6.45) is 3.23. The SMILES string of the molecule is CN(C)Cc1c(C(=O)Nc2ncn[nH]2)nc2ccccn12. The van der Waals surface area contributed by atoms with Crippen LogP contribution in [0.5, 0.6) is 0 Å². The van der Waals surface area contributed by atoms with Gasteiger partial charge in [-0.15, -0.1) is 0 Å². The molecule has 0 radical (unpaired) electrons. The molecule has 8 heteroatoms. The summed E-state index contributed by atoms with van der Waals surface area (Å²) in [5.74, 6) is -0.0137. The highest BCUT2D eigenvalue weighted by atomic mass is 16.2. The smallest absolute Gasteiger partial charge is 0.278 e. The van der Waals surface area contributed by atoms with E-state index in [1.54, 1.807) is 0 Å². The molecule has 0 saturated heterocycles. The van der Waals surface area contributed by atoms with Crippen molar-refractivity contribution in [3.8, 4) is 0 Å². The van der Waals surface area contributed by atoms with Crippen LogP contribution in [-0.4, -0.2) is 49.5 Å². The van der Waals surface area contributed by atoms with Gasteiger partial charge in [0.15, 0.2) is 5.69 Å². The van der Waals surface area contributed by atoms with E-state index >= 15 is 0 Å². The molecule has 0 saturated carbocycles. The average Bonchev–Trinajstić information content (AvgIpc) is 3.07. The Morgan fingerprint density at radius 1 is 1.43 bits per heavy atom. The van der Waals surface area contributed by atoms with Gasteiger partial charge in [-0.1, -0.05) is 6.07 Å². The van der Waals surface area contributed by atoms with E-state index in [9.17, 15) is 4.79 Å². The number of H-pyrrole nitrogens is 1. The van der Waals surface area contributed by atoms with Gasteiger partial charge in [0, 0.05) is 12.7 Å². The zero-order valence-electron chi connectivity index (χ0n) is 11.7. The Morgan fingerprint density at radius 2 is 2.29 bits per heavy atom. The van der Waals surface area contributed by atoms with Crippen LogP contribution >= 0.6 is 0 Å². The lowest BCUT2D eigenvalue weighted by molar-refractivity contribution is 0.102. The summed E-state index contributed by atoms with van der Waals surface area (Å²) in [6.45, 7) is 0.602. The van der Waals surface area contributed by atoms with Crippen molar-refractivity contribution in [1.82, 2.24) is 29.5 Å². The van der Waals surface area contributed by atoms with E-state index in [1.165, 1.54) is 6.33 Å². The highest BCUT2D eigenvalue weighted by Gasteiger charge is 2.19. The number of nitrogens with zero attached hydrogens (tertiary/aromatic N) is 5. The van der Waals surface area contributed by atoms with Gasteiger partial charge in [0.2, 0.25) is 5.95 Å². The van der Waals surface area contributed by atoms with E-state index in [-0.39, 0.29) is 5.91 Å². The number of hydrogen-bond donors (Lipinski definition) is 2. The molecule has 0 fully saturated rings. The number of carbonyl (C=O) groups excluding carboxylic acids is 1. The van der Waals surface area contributed by atoms with E-state index in [4.69, 9.17) is 0 Å². The number of anilines is 1. The van der Waals surface area contributed by atoms with Crippen molar-refractivity contribution < 1.29 is 4.79 Å². The normalized spacial score (nSPS) is 11.2. The van der Waals surface area contributed by atoms with Crippen LogP contribution in [0.1, 0.15) is 16.2 Å². The number of amides is 1. The van der Waals surface area contributed by atoms with Gasteiger partial charge in [0.1, 0.15) is 12.0 Å². The summed E-state index contributed by atoms with van der Waals surface area (Å²) in [7, 11) is 3.89. The molecule has 0 aliphatic carbocycles. The van der Waals surface area contributed by atoms with Crippen molar-refractivity contribution in [3.05, 3.63) is 42.1 Å². The number of fused-ring (bicyclic) bond motifs is 1. The fourth-order valence-corrected chi connectivity index (χ4v) is 2.11. The first-order chi connectivity index (χ1) is 10.1. The van der Waals surface area contributed by atoms with Gasteiger partial charge in [0.05, 0.1) is 5.69 Å². The summed E-state index contributed by atoms with van der Waals surface area (Å²) in [4.78, 5) is 22.7. The Hall–Kier alpha value is -2.74. The second-order valence-corrected chi connectivity index (χ2v) is 4.86. The molecule has 0 aliphatic rings. The van der Waals surface area contributed by atoms with E-state index in [1.807, 2.05) is 47.8 Å². The third-order valence-corrected chi connectivity index (χ3v) is 2.96. The molecule has 1 amide bonds. The quantitative estimate of drug-likeness (QED) is 0.738. The highest BCUT2D eigenvalue weighted by Crippen LogP contribution is 2.15. The van der Waals surface area contributed by atoms with Crippen molar-refractivity contribution in [2.24, 2.45) is 0 Å². The minimum atomic E-state index is -0.313. The molecular formula is C13H15N7O. The number of nitrogens with one attached hydrogen (secondary N) is 2. The summed E-state index contributed by atoms with van der Waals surface area (Å²) < 4.78 is 1.91. The van der Waals surface area contributed by atoms with Crippen LogP contribution < -0.4 is 5.32 Å². The standard InChI is InChI=1S/C13H15N7O/c1-19(2)7-9-11(12(21)17-13-14-8-15-18-13)16-10-5-3-4-6-20(9)10/h3-6,8H,7H2,1-2H3,(H2,14,15,17,18,21). The third kappa shape index (κ3) is 2.61. The van der Waals surface area contributed by atoms with Crippen molar-refractivity contribution >= 4 is 17.5 Å². The number of hydrogen-bond acceptors (Lipinski definition) is 5. The number of aromatic amines is 1. The predicted molar refractivity (Wildman–Crippen MR) is 76.9 cm³/mol. The van der Waals surface area contributed by atoms with Gasteiger partial charge >= 0.3 is 0 Å². The first-order valence-electron chi connectivity index (χ1n) is 6.42. The molecule has 0 unspecified atom stereocenters. The van der Waals surface area contributed by atoms with Gasteiger partial charge in [-0.3, -0.25) is 10.1 Å². The van der Waals surface area contributed by atoms with Crippen LogP contribution in [0.2, 0.25) is 0 Å².